The molecule has 2 aromatic carbocycles. The summed E-state index contributed by atoms with van der Waals surface area (Å²) in [6, 6.07) is 9.98. The van der Waals surface area contributed by atoms with Gasteiger partial charge in [0, 0.05) is 12.1 Å². The van der Waals surface area contributed by atoms with Crippen LogP contribution < -0.4 is 9.46 Å². The van der Waals surface area contributed by atoms with Crippen LogP contribution in [0, 0.1) is 0 Å². The molecule has 0 aromatic heterocycles. The summed E-state index contributed by atoms with van der Waals surface area (Å²) < 4.78 is 30.6. The maximum Gasteiger partial charge on any atom is 0.303 e. The van der Waals surface area contributed by atoms with E-state index in [1.807, 2.05) is 0 Å². The highest BCUT2D eigenvalue weighted by Gasteiger charge is 2.11. The Labute approximate surface area is 161 Å². The summed E-state index contributed by atoms with van der Waals surface area (Å²) in [5.74, 6) is -0.617. The summed E-state index contributed by atoms with van der Waals surface area (Å²) in [5.41, 5.74) is 1.85. The number of hydrogen-bond acceptors (Lipinski definition) is 4. The largest absolute Gasteiger partial charge is 0.486 e. The molecule has 2 rings (SSSR count). The molecule has 0 unspecified atom stereocenters. The molecule has 0 aliphatic rings. The van der Waals surface area contributed by atoms with Crippen molar-refractivity contribution in [2.75, 3.05) is 11.0 Å². The third kappa shape index (κ3) is 6.40. The van der Waals surface area contributed by atoms with Crippen LogP contribution in [0.15, 0.2) is 36.4 Å². The van der Waals surface area contributed by atoms with Gasteiger partial charge in [-0.1, -0.05) is 35.3 Å². The van der Waals surface area contributed by atoms with Crippen molar-refractivity contribution in [2.24, 2.45) is 0 Å². The molecule has 0 bridgehead atoms. The lowest BCUT2D eigenvalue weighted by Crippen LogP contribution is -2.09. The maximum absolute atomic E-state index is 11.3. The fourth-order valence-electron chi connectivity index (χ4n) is 2.24. The number of rotatable bonds is 8. The Kier molecular flexibility index (Phi) is 6.75. The van der Waals surface area contributed by atoms with Crippen LogP contribution in [0.5, 0.6) is 5.75 Å². The first-order chi connectivity index (χ1) is 12.1. The Balaban J connectivity index is 2.10. The topological polar surface area (TPSA) is 92.7 Å². The van der Waals surface area contributed by atoms with Gasteiger partial charge in [0.2, 0.25) is 10.0 Å². The van der Waals surface area contributed by atoms with Gasteiger partial charge in [0.25, 0.3) is 0 Å². The summed E-state index contributed by atoms with van der Waals surface area (Å²) in [6.45, 7) is 0.132. The van der Waals surface area contributed by atoms with Crippen molar-refractivity contribution < 1.29 is 23.1 Å². The number of hydrogen-bond donors (Lipinski definition) is 2. The van der Waals surface area contributed by atoms with Crippen molar-refractivity contribution in [2.45, 2.75) is 19.4 Å². The summed E-state index contributed by atoms with van der Waals surface area (Å²) in [6.07, 6.45) is 1.36. The van der Waals surface area contributed by atoms with Crippen LogP contribution in [0.1, 0.15) is 17.5 Å². The minimum atomic E-state index is -3.37. The molecule has 140 valence electrons. The van der Waals surface area contributed by atoms with Crippen molar-refractivity contribution in [1.82, 2.24) is 0 Å². The molecule has 0 aliphatic heterocycles. The van der Waals surface area contributed by atoms with Crippen LogP contribution in [0.3, 0.4) is 0 Å². The van der Waals surface area contributed by atoms with Gasteiger partial charge in [-0.2, -0.15) is 0 Å². The standard InChI is InChI=1S/C17H17Cl2NO5S/c1-26(23,24)20-13-4-2-3-12(7-13)10-25-17-14(18)8-11(9-15(17)19)5-6-16(21)22/h2-4,7-9,20H,5-6,10H2,1H3,(H,21,22). The molecule has 2 N–H and O–H groups in total. The van der Waals surface area contributed by atoms with Crippen LogP contribution in [0.4, 0.5) is 5.69 Å². The predicted octanol–water partition coefficient (Wildman–Crippen LogP) is 3.96. The minimum absolute atomic E-state index is 0.0208. The number of benzene rings is 2. The molecular formula is C17H17Cl2NO5S. The van der Waals surface area contributed by atoms with E-state index in [9.17, 15) is 13.2 Å². The normalized spacial score (nSPS) is 11.2. The predicted molar refractivity (Wildman–Crippen MR) is 102 cm³/mol. The molecule has 0 aliphatic carbocycles. The maximum atomic E-state index is 11.3. The second-order valence-corrected chi connectivity index (χ2v) is 8.21. The Bertz CT molecular complexity index is 892. The van der Waals surface area contributed by atoms with Gasteiger partial charge in [-0.25, -0.2) is 8.42 Å². The first kappa shape index (κ1) is 20.4. The first-order valence-corrected chi connectivity index (χ1v) is 10.2. The number of anilines is 1. The molecule has 0 fully saturated rings. The van der Waals surface area contributed by atoms with Crippen molar-refractivity contribution in [3.8, 4) is 5.75 Å². The van der Waals surface area contributed by atoms with E-state index in [4.69, 9.17) is 33.0 Å². The SMILES string of the molecule is CS(=O)(=O)Nc1cccc(COc2c(Cl)cc(CCC(=O)O)cc2Cl)c1. The number of halogens is 2. The van der Waals surface area contributed by atoms with Crippen molar-refractivity contribution in [3.05, 3.63) is 57.6 Å². The monoisotopic (exact) mass is 417 g/mol. The molecule has 0 spiro atoms. The van der Waals surface area contributed by atoms with Crippen molar-refractivity contribution in [3.63, 3.8) is 0 Å². The Morgan fingerprint density at radius 2 is 1.81 bits per heavy atom. The Morgan fingerprint density at radius 3 is 2.38 bits per heavy atom. The highest BCUT2D eigenvalue weighted by molar-refractivity contribution is 7.92. The van der Waals surface area contributed by atoms with Gasteiger partial charge in [0.1, 0.15) is 6.61 Å². The average Bonchev–Trinajstić information content (AvgIpc) is 2.51. The smallest absolute Gasteiger partial charge is 0.303 e. The Morgan fingerprint density at radius 1 is 1.15 bits per heavy atom. The van der Waals surface area contributed by atoms with E-state index in [1.165, 1.54) is 0 Å². The molecule has 2 aromatic rings. The van der Waals surface area contributed by atoms with Crippen LogP contribution in [0.2, 0.25) is 10.0 Å². The van der Waals surface area contributed by atoms with Crippen LogP contribution in [-0.2, 0) is 27.8 Å². The van der Waals surface area contributed by atoms with Gasteiger partial charge >= 0.3 is 5.97 Å². The van der Waals surface area contributed by atoms with E-state index in [-0.39, 0.29) is 28.8 Å². The van der Waals surface area contributed by atoms with Gasteiger partial charge < -0.3 is 9.84 Å². The fourth-order valence-corrected chi connectivity index (χ4v) is 3.44. The van der Waals surface area contributed by atoms with E-state index in [1.54, 1.807) is 36.4 Å². The second kappa shape index (κ2) is 8.62. The molecule has 0 heterocycles. The van der Waals surface area contributed by atoms with Gasteiger partial charge in [0.15, 0.2) is 5.75 Å². The second-order valence-electron chi connectivity index (χ2n) is 5.65. The number of nitrogens with one attached hydrogen (secondary N) is 1. The fraction of sp³-hybridized carbons (Fsp3) is 0.235. The van der Waals surface area contributed by atoms with E-state index in [0.29, 0.717) is 17.7 Å². The van der Waals surface area contributed by atoms with Crippen molar-refractivity contribution in [1.29, 1.82) is 0 Å². The molecule has 0 atom stereocenters. The number of carbonyl (C=O) groups is 1. The number of carboxylic acid groups (broad SMARTS) is 1. The molecule has 0 saturated carbocycles. The molecule has 0 amide bonds. The quantitative estimate of drug-likeness (QED) is 0.677. The van der Waals surface area contributed by atoms with E-state index in [2.05, 4.69) is 4.72 Å². The first-order valence-electron chi connectivity index (χ1n) is 7.53. The lowest BCUT2D eigenvalue weighted by Gasteiger charge is -2.12. The Hall–Kier alpha value is -1.96. The molecule has 0 saturated heterocycles. The summed E-state index contributed by atoms with van der Waals surface area (Å²) in [5, 5.41) is 9.30. The van der Waals surface area contributed by atoms with E-state index in [0.717, 1.165) is 11.8 Å². The minimum Gasteiger partial charge on any atom is -0.486 e. The number of carboxylic acids is 1. The lowest BCUT2D eigenvalue weighted by atomic mass is 10.1. The van der Waals surface area contributed by atoms with Crippen LogP contribution in [0.25, 0.3) is 0 Å². The van der Waals surface area contributed by atoms with Gasteiger partial charge in [-0.3, -0.25) is 9.52 Å². The number of sulfonamides is 1. The molecular weight excluding hydrogens is 401 g/mol. The summed E-state index contributed by atoms with van der Waals surface area (Å²) in [7, 11) is -3.37. The van der Waals surface area contributed by atoms with Crippen LogP contribution in [-0.4, -0.2) is 25.7 Å². The third-order valence-corrected chi connectivity index (χ3v) is 4.47. The summed E-state index contributed by atoms with van der Waals surface area (Å²) in [4.78, 5) is 10.6. The summed E-state index contributed by atoms with van der Waals surface area (Å²) >= 11 is 12.4. The zero-order valence-corrected chi connectivity index (χ0v) is 16.2. The third-order valence-electron chi connectivity index (χ3n) is 3.30. The zero-order chi connectivity index (χ0) is 19.3. The van der Waals surface area contributed by atoms with Gasteiger partial charge in [-0.15, -0.1) is 0 Å². The molecule has 6 nitrogen and oxygen atoms in total. The van der Waals surface area contributed by atoms with E-state index < -0.39 is 16.0 Å². The van der Waals surface area contributed by atoms with Gasteiger partial charge in [0.05, 0.1) is 16.3 Å². The van der Waals surface area contributed by atoms with Crippen LogP contribution >= 0.6 is 23.2 Å². The molecule has 26 heavy (non-hydrogen) atoms. The highest BCUT2D eigenvalue weighted by Crippen LogP contribution is 2.35. The highest BCUT2D eigenvalue weighted by atomic mass is 35.5. The zero-order valence-electron chi connectivity index (χ0n) is 13.8. The number of aliphatic carboxylic acids is 1. The molecule has 0 radical (unpaired) electrons. The van der Waals surface area contributed by atoms with Gasteiger partial charge in [-0.05, 0) is 41.8 Å². The lowest BCUT2D eigenvalue weighted by molar-refractivity contribution is -0.136. The number of ether oxygens (including phenoxy) is 1. The average molecular weight is 418 g/mol. The number of aryl methyl sites for hydroxylation is 1. The molecule has 9 heteroatoms. The van der Waals surface area contributed by atoms with Crippen molar-refractivity contribution >= 4 is 44.9 Å². The van der Waals surface area contributed by atoms with E-state index >= 15 is 0 Å².